The van der Waals surface area contributed by atoms with Crippen LogP contribution in [0.3, 0.4) is 0 Å². The molecule has 7 nitrogen and oxygen atoms in total. The highest BCUT2D eigenvalue weighted by molar-refractivity contribution is 7.60. The van der Waals surface area contributed by atoms with Crippen LogP contribution < -0.4 is 10.1 Å². The van der Waals surface area contributed by atoms with Gasteiger partial charge >= 0.3 is 0 Å². The zero-order chi connectivity index (χ0) is 19.4. The van der Waals surface area contributed by atoms with Crippen LogP contribution in [0, 0.1) is 0 Å². The molecule has 0 bridgehead atoms. The van der Waals surface area contributed by atoms with Crippen molar-refractivity contribution >= 4 is 25.0 Å². The number of hydrogen-bond acceptors (Lipinski definition) is 7. The van der Waals surface area contributed by atoms with Crippen LogP contribution >= 0.6 is 7.51 Å². The predicted molar refractivity (Wildman–Crippen MR) is 114 cm³/mol. The highest BCUT2D eigenvalue weighted by Crippen LogP contribution is 2.56. The molecule has 0 aliphatic carbocycles. The van der Waals surface area contributed by atoms with Gasteiger partial charge in [-0.05, 0) is 52.5 Å². The van der Waals surface area contributed by atoms with Crippen LogP contribution in [0.2, 0.25) is 0 Å². The Morgan fingerprint density at radius 1 is 0.889 bits per heavy atom. The molecule has 0 amide bonds. The molecule has 2 aromatic carbocycles. The van der Waals surface area contributed by atoms with Crippen LogP contribution in [0.5, 0.6) is 5.75 Å². The van der Waals surface area contributed by atoms with Gasteiger partial charge in [0.05, 0.1) is 7.11 Å². The lowest BCUT2D eigenvalue weighted by molar-refractivity contribution is 0.415. The summed E-state index contributed by atoms with van der Waals surface area (Å²) < 4.78 is 19.2. The van der Waals surface area contributed by atoms with E-state index in [0.717, 1.165) is 17.0 Å². The van der Waals surface area contributed by atoms with Gasteiger partial charge in [-0.1, -0.05) is 30.3 Å². The van der Waals surface area contributed by atoms with Crippen molar-refractivity contribution in [3.05, 3.63) is 60.2 Å². The van der Waals surface area contributed by atoms with Crippen LogP contribution in [0.4, 0.5) is 5.69 Å². The third kappa shape index (κ3) is 4.11. The number of rotatable bonds is 5. The second kappa shape index (κ2) is 8.05. The number of anilines is 1. The normalized spacial score (nSPS) is 15.8. The summed E-state index contributed by atoms with van der Waals surface area (Å²) >= 11 is 0. The molecule has 0 unspecified atom stereocenters. The van der Waals surface area contributed by atoms with Gasteiger partial charge in [-0.2, -0.15) is 14.5 Å². The molecule has 27 heavy (non-hydrogen) atoms. The Hall–Kier alpha value is -2.47. The quantitative estimate of drug-likeness (QED) is 0.792. The van der Waals surface area contributed by atoms with Gasteiger partial charge < -0.3 is 10.1 Å². The predicted octanol–water partition coefficient (Wildman–Crippen LogP) is 3.99. The monoisotopic (exact) mass is 384 g/mol. The van der Waals surface area contributed by atoms with Crippen LogP contribution in [0.25, 0.3) is 0 Å². The van der Waals surface area contributed by atoms with E-state index in [9.17, 15) is 0 Å². The fourth-order valence-electron chi connectivity index (χ4n) is 2.70. The molecule has 8 heteroatoms. The molecule has 0 saturated carbocycles. The van der Waals surface area contributed by atoms with Crippen molar-refractivity contribution in [3.63, 3.8) is 0 Å². The number of nitrogens with zero attached hydrogens (tertiary/aromatic N) is 5. The molecule has 0 fully saturated rings. The molecule has 0 saturated heterocycles. The van der Waals surface area contributed by atoms with E-state index in [1.807, 2.05) is 82.8 Å². The van der Waals surface area contributed by atoms with Crippen LogP contribution in [-0.4, -0.2) is 56.4 Å². The average Bonchev–Trinajstić information content (AvgIpc) is 2.68. The Bertz CT molecular complexity index is 892. The minimum atomic E-state index is -2.30. The van der Waals surface area contributed by atoms with Gasteiger partial charge in [0, 0.05) is 11.3 Å². The first-order valence-electron chi connectivity index (χ1n) is 8.58. The largest absolute Gasteiger partial charge is 0.497 e. The molecule has 3 rings (SSSR count). The van der Waals surface area contributed by atoms with Gasteiger partial charge in [0.15, 0.2) is 5.84 Å². The summed E-state index contributed by atoms with van der Waals surface area (Å²) in [5, 5.41) is 3.32. The lowest BCUT2D eigenvalue weighted by Gasteiger charge is -2.34. The highest BCUT2D eigenvalue weighted by atomic mass is 31.2. The number of benzene rings is 2. The summed E-state index contributed by atoms with van der Waals surface area (Å²) in [6, 6.07) is 17.7. The molecule has 0 spiro atoms. The Labute approximate surface area is 160 Å². The number of nitrogens with one attached hydrogen (secondary N) is 1. The molecule has 1 aliphatic heterocycles. The van der Waals surface area contributed by atoms with Crippen LogP contribution in [0.1, 0.15) is 5.56 Å². The maximum absolute atomic E-state index is 5.22. The van der Waals surface area contributed by atoms with Crippen LogP contribution in [0.15, 0.2) is 69.1 Å². The van der Waals surface area contributed by atoms with Crippen molar-refractivity contribution in [3.8, 4) is 5.75 Å². The summed E-state index contributed by atoms with van der Waals surface area (Å²) in [5.74, 6) is 2.03. The third-order valence-electron chi connectivity index (χ3n) is 4.12. The van der Waals surface area contributed by atoms with Crippen molar-refractivity contribution in [2.75, 3.05) is 40.6 Å². The first kappa shape index (κ1) is 19.3. The number of aliphatic imine (C=N–C) groups is 1. The summed E-state index contributed by atoms with van der Waals surface area (Å²) in [7, 11) is 7.35. The number of methoxy groups -OCH3 is 1. The van der Waals surface area contributed by atoms with E-state index in [1.165, 1.54) is 0 Å². The Balaban J connectivity index is 2.06. The second-order valence-electron chi connectivity index (χ2n) is 6.41. The number of ether oxygens (including phenoxy) is 1. The van der Waals surface area contributed by atoms with Gasteiger partial charge in [-0.25, -0.2) is 9.34 Å². The molecular weight excluding hydrogens is 359 g/mol. The van der Waals surface area contributed by atoms with E-state index in [4.69, 9.17) is 14.2 Å². The standard InChI is InChI=1S/C19H25N6OP/c1-24(2)27(25(3)4)22-18(15-9-7-6-8-10-15)21-19(23-27)20-16-11-13-17(26-5)14-12-16/h6-14H,1-5H3,(H,20,23). The Morgan fingerprint density at radius 3 is 2.07 bits per heavy atom. The van der Waals surface area contributed by atoms with Crippen molar-refractivity contribution in [1.82, 2.24) is 9.34 Å². The Kier molecular flexibility index (Phi) is 5.75. The summed E-state index contributed by atoms with van der Waals surface area (Å²) in [5.41, 5.74) is 1.86. The van der Waals surface area contributed by atoms with Crippen molar-refractivity contribution < 1.29 is 4.74 Å². The van der Waals surface area contributed by atoms with Gasteiger partial charge in [0.25, 0.3) is 0 Å². The van der Waals surface area contributed by atoms with E-state index < -0.39 is 7.51 Å². The molecule has 0 aromatic heterocycles. The van der Waals surface area contributed by atoms with Crippen LogP contribution in [-0.2, 0) is 0 Å². The zero-order valence-corrected chi connectivity index (χ0v) is 17.2. The molecule has 2 aromatic rings. The van der Waals surface area contributed by atoms with E-state index in [0.29, 0.717) is 11.8 Å². The van der Waals surface area contributed by atoms with Crippen molar-refractivity contribution in [2.24, 2.45) is 14.5 Å². The lowest BCUT2D eigenvalue weighted by Crippen LogP contribution is -2.26. The number of amidine groups is 1. The van der Waals surface area contributed by atoms with Gasteiger partial charge in [-0.15, -0.1) is 0 Å². The second-order valence-corrected chi connectivity index (χ2v) is 9.48. The minimum absolute atomic E-state index is 0.546. The smallest absolute Gasteiger partial charge is 0.231 e. The average molecular weight is 384 g/mol. The number of guanidine groups is 1. The van der Waals surface area contributed by atoms with Gasteiger partial charge in [0.2, 0.25) is 13.5 Å². The fraction of sp³-hybridized carbons (Fsp3) is 0.263. The van der Waals surface area contributed by atoms with Gasteiger partial charge in [0.1, 0.15) is 5.75 Å². The van der Waals surface area contributed by atoms with Gasteiger partial charge in [-0.3, -0.25) is 0 Å². The maximum atomic E-state index is 5.22. The molecule has 1 N–H and O–H groups in total. The van der Waals surface area contributed by atoms with E-state index >= 15 is 0 Å². The van der Waals surface area contributed by atoms with Crippen molar-refractivity contribution in [2.45, 2.75) is 0 Å². The highest BCUT2D eigenvalue weighted by Gasteiger charge is 2.30. The molecule has 0 radical (unpaired) electrons. The summed E-state index contributed by atoms with van der Waals surface area (Å²) in [6.07, 6.45) is 0. The minimum Gasteiger partial charge on any atom is -0.497 e. The maximum Gasteiger partial charge on any atom is 0.231 e. The molecule has 1 aliphatic rings. The SMILES string of the molecule is COc1ccc(NC2=NP(N(C)C)(N(C)C)=NC(c3ccccc3)=N2)cc1. The summed E-state index contributed by atoms with van der Waals surface area (Å²) in [6.45, 7) is 0. The molecular formula is C19H25N6OP. The lowest BCUT2D eigenvalue weighted by atomic mass is 10.2. The molecule has 142 valence electrons. The summed E-state index contributed by atoms with van der Waals surface area (Å²) in [4.78, 5) is 4.68. The first-order chi connectivity index (χ1) is 12.9. The first-order valence-corrected chi connectivity index (χ1v) is 10.2. The molecule has 1 heterocycles. The van der Waals surface area contributed by atoms with E-state index in [-0.39, 0.29) is 0 Å². The fourth-order valence-corrected chi connectivity index (χ4v) is 4.94. The van der Waals surface area contributed by atoms with E-state index in [2.05, 4.69) is 19.7 Å². The topological polar surface area (TPSA) is 64.8 Å². The number of hydrogen-bond donors (Lipinski definition) is 1. The third-order valence-corrected chi connectivity index (χ3v) is 7.18. The van der Waals surface area contributed by atoms with E-state index in [1.54, 1.807) is 7.11 Å². The molecule has 0 atom stereocenters. The van der Waals surface area contributed by atoms with Crippen molar-refractivity contribution in [1.29, 1.82) is 0 Å². The Morgan fingerprint density at radius 2 is 1.52 bits per heavy atom. The zero-order valence-electron chi connectivity index (χ0n) is 16.3.